The van der Waals surface area contributed by atoms with Crippen LogP contribution in [0.3, 0.4) is 0 Å². The Labute approximate surface area is 152 Å². The van der Waals surface area contributed by atoms with Crippen molar-refractivity contribution in [2.45, 2.75) is 25.7 Å². The zero-order chi connectivity index (χ0) is 17.8. The Morgan fingerprint density at radius 2 is 1.42 bits per heavy atom. The SMILES string of the molecule is Fc1cccc(-c2nc(N3CCCCCC3)nc(N3CCOCC3)n2)n1. The third kappa shape index (κ3) is 3.90. The molecule has 26 heavy (non-hydrogen) atoms. The fraction of sp³-hybridized carbons (Fsp3) is 0.556. The lowest BCUT2D eigenvalue weighted by atomic mass is 10.2. The molecule has 0 N–H and O–H groups in total. The van der Waals surface area contributed by atoms with Gasteiger partial charge in [0.1, 0.15) is 5.69 Å². The van der Waals surface area contributed by atoms with Gasteiger partial charge >= 0.3 is 0 Å². The van der Waals surface area contributed by atoms with Gasteiger partial charge in [-0.15, -0.1) is 0 Å². The van der Waals surface area contributed by atoms with Crippen molar-refractivity contribution in [1.29, 1.82) is 0 Å². The van der Waals surface area contributed by atoms with Crippen molar-refractivity contribution in [2.75, 3.05) is 49.2 Å². The molecule has 4 rings (SSSR count). The number of aromatic nitrogens is 4. The second-order valence-corrected chi connectivity index (χ2v) is 6.61. The van der Waals surface area contributed by atoms with Crippen LogP contribution in [0.15, 0.2) is 18.2 Å². The van der Waals surface area contributed by atoms with Crippen molar-refractivity contribution in [3.8, 4) is 11.5 Å². The van der Waals surface area contributed by atoms with Crippen molar-refractivity contribution in [3.05, 3.63) is 24.1 Å². The van der Waals surface area contributed by atoms with E-state index in [1.54, 1.807) is 12.1 Å². The van der Waals surface area contributed by atoms with Gasteiger partial charge in [-0.3, -0.25) is 0 Å². The maximum Gasteiger partial charge on any atom is 0.230 e. The van der Waals surface area contributed by atoms with Gasteiger partial charge in [0, 0.05) is 26.2 Å². The van der Waals surface area contributed by atoms with Crippen LogP contribution in [0.4, 0.5) is 16.3 Å². The Morgan fingerprint density at radius 3 is 2.08 bits per heavy atom. The molecule has 2 fully saturated rings. The summed E-state index contributed by atoms with van der Waals surface area (Å²) in [6.45, 7) is 4.64. The number of rotatable bonds is 3. The van der Waals surface area contributed by atoms with E-state index in [2.05, 4.69) is 24.8 Å². The molecule has 0 saturated carbocycles. The lowest BCUT2D eigenvalue weighted by Crippen LogP contribution is -2.38. The van der Waals surface area contributed by atoms with Gasteiger partial charge in [-0.1, -0.05) is 18.9 Å². The summed E-state index contributed by atoms with van der Waals surface area (Å²) in [6.07, 6.45) is 4.73. The minimum atomic E-state index is -0.535. The van der Waals surface area contributed by atoms with Crippen LogP contribution in [0.25, 0.3) is 11.5 Å². The van der Waals surface area contributed by atoms with Gasteiger partial charge in [0.2, 0.25) is 17.8 Å². The number of nitrogens with zero attached hydrogens (tertiary/aromatic N) is 6. The number of pyridine rings is 1. The monoisotopic (exact) mass is 358 g/mol. The first-order valence-corrected chi connectivity index (χ1v) is 9.26. The molecular formula is C18H23FN6O. The number of morpholine rings is 1. The second-order valence-electron chi connectivity index (χ2n) is 6.61. The third-order valence-electron chi connectivity index (χ3n) is 4.74. The number of ether oxygens (including phenoxy) is 1. The highest BCUT2D eigenvalue weighted by Crippen LogP contribution is 2.23. The molecule has 2 saturated heterocycles. The fourth-order valence-electron chi connectivity index (χ4n) is 3.32. The van der Waals surface area contributed by atoms with E-state index >= 15 is 0 Å². The van der Waals surface area contributed by atoms with E-state index in [4.69, 9.17) is 9.72 Å². The summed E-state index contributed by atoms with van der Waals surface area (Å²) in [5, 5.41) is 0. The zero-order valence-corrected chi connectivity index (χ0v) is 14.8. The molecule has 0 amide bonds. The van der Waals surface area contributed by atoms with Crippen molar-refractivity contribution in [1.82, 2.24) is 19.9 Å². The first kappa shape index (κ1) is 17.1. The molecule has 2 aliphatic rings. The standard InChI is InChI=1S/C18H23FN6O/c19-15-7-5-6-14(20-15)16-21-17(24-8-3-1-2-4-9-24)23-18(22-16)25-10-12-26-13-11-25/h5-7H,1-4,8-13H2. The number of halogens is 1. The molecule has 7 nitrogen and oxygen atoms in total. The van der Waals surface area contributed by atoms with E-state index in [1.807, 2.05) is 0 Å². The highest BCUT2D eigenvalue weighted by molar-refractivity contribution is 5.54. The highest BCUT2D eigenvalue weighted by Gasteiger charge is 2.21. The smallest absolute Gasteiger partial charge is 0.230 e. The first-order valence-electron chi connectivity index (χ1n) is 9.26. The van der Waals surface area contributed by atoms with E-state index in [9.17, 15) is 4.39 Å². The van der Waals surface area contributed by atoms with Gasteiger partial charge < -0.3 is 14.5 Å². The maximum atomic E-state index is 13.6. The molecule has 0 atom stereocenters. The molecule has 0 radical (unpaired) electrons. The van der Waals surface area contributed by atoms with Crippen LogP contribution in [0.1, 0.15) is 25.7 Å². The van der Waals surface area contributed by atoms with Crippen molar-refractivity contribution < 1.29 is 9.13 Å². The summed E-state index contributed by atoms with van der Waals surface area (Å²) in [7, 11) is 0. The fourth-order valence-corrected chi connectivity index (χ4v) is 3.32. The molecule has 2 aromatic rings. The van der Waals surface area contributed by atoms with Gasteiger partial charge in [-0.2, -0.15) is 19.3 Å². The van der Waals surface area contributed by atoms with Crippen molar-refractivity contribution in [3.63, 3.8) is 0 Å². The molecule has 0 bridgehead atoms. The molecule has 0 unspecified atom stereocenters. The Kier molecular flexibility index (Phi) is 5.19. The van der Waals surface area contributed by atoms with Gasteiger partial charge in [-0.25, -0.2) is 4.98 Å². The highest BCUT2D eigenvalue weighted by atomic mass is 19.1. The van der Waals surface area contributed by atoms with Crippen LogP contribution in [0.2, 0.25) is 0 Å². The Hall–Kier alpha value is -2.35. The molecule has 138 valence electrons. The van der Waals surface area contributed by atoms with E-state index in [-0.39, 0.29) is 0 Å². The quantitative estimate of drug-likeness (QED) is 0.780. The average Bonchev–Trinajstić information content (AvgIpc) is 2.98. The van der Waals surface area contributed by atoms with Gasteiger partial charge in [-0.05, 0) is 25.0 Å². The second kappa shape index (κ2) is 7.90. The van der Waals surface area contributed by atoms with E-state index in [1.165, 1.54) is 18.9 Å². The summed E-state index contributed by atoms with van der Waals surface area (Å²) in [4.78, 5) is 22.2. The van der Waals surface area contributed by atoms with E-state index < -0.39 is 5.95 Å². The minimum Gasteiger partial charge on any atom is -0.378 e. The molecule has 0 spiro atoms. The summed E-state index contributed by atoms with van der Waals surface area (Å²) in [5.74, 6) is 1.15. The average molecular weight is 358 g/mol. The van der Waals surface area contributed by atoms with Crippen molar-refractivity contribution in [2.24, 2.45) is 0 Å². The summed E-state index contributed by atoms with van der Waals surface area (Å²) in [5.41, 5.74) is 0.429. The number of hydrogen-bond donors (Lipinski definition) is 0. The van der Waals surface area contributed by atoms with E-state index in [0.29, 0.717) is 36.6 Å². The molecule has 0 aromatic carbocycles. The predicted molar refractivity (Wildman–Crippen MR) is 96.7 cm³/mol. The third-order valence-corrected chi connectivity index (χ3v) is 4.74. The molecule has 0 aliphatic carbocycles. The Balaban J connectivity index is 1.73. The maximum absolute atomic E-state index is 13.6. The minimum absolute atomic E-state index is 0.417. The first-order chi connectivity index (χ1) is 12.8. The molecular weight excluding hydrogens is 335 g/mol. The molecule has 4 heterocycles. The normalized spacial score (nSPS) is 18.7. The van der Waals surface area contributed by atoms with Crippen LogP contribution in [-0.2, 0) is 4.74 Å². The van der Waals surface area contributed by atoms with Crippen LogP contribution in [0.5, 0.6) is 0 Å². The van der Waals surface area contributed by atoms with Gasteiger partial charge in [0.15, 0.2) is 5.82 Å². The topological polar surface area (TPSA) is 67.3 Å². The predicted octanol–water partition coefficient (Wildman–Crippen LogP) is 2.29. The Bertz CT molecular complexity index is 744. The molecule has 2 aliphatic heterocycles. The number of hydrogen-bond acceptors (Lipinski definition) is 7. The molecule has 8 heteroatoms. The van der Waals surface area contributed by atoms with Crippen LogP contribution >= 0.6 is 0 Å². The lowest BCUT2D eigenvalue weighted by molar-refractivity contribution is 0.122. The van der Waals surface area contributed by atoms with Crippen molar-refractivity contribution >= 4 is 11.9 Å². The number of anilines is 2. The zero-order valence-electron chi connectivity index (χ0n) is 14.8. The largest absolute Gasteiger partial charge is 0.378 e. The molecule has 2 aromatic heterocycles. The summed E-state index contributed by atoms with van der Waals surface area (Å²) in [6, 6.07) is 4.68. The van der Waals surface area contributed by atoms with Gasteiger partial charge in [0.05, 0.1) is 13.2 Å². The van der Waals surface area contributed by atoms with Crippen LogP contribution < -0.4 is 9.80 Å². The van der Waals surface area contributed by atoms with E-state index in [0.717, 1.165) is 39.0 Å². The Morgan fingerprint density at radius 1 is 0.769 bits per heavy atom. The van der Waals surface area contributed by atoms with Crippen LogP contribution in [-0.4, -0.2) is 59.3 Å². The van der Waals surface area contributed by atoms with Crippen LogP contribution in [0, 0.1) is 5.95 Å². The van der Waals surface area contributed by atoms with Gasteiger partial charge in [0.25, 0.3) is 0 Å². The summed E-state index contributed by atoms with van der Waals surface area (Å²) < 4.78 is 19.0. The summed E-state index contributed by atoms with van der Waals surface area (Å²) >= 11 is 0. The lowest BCUT2D eigenvalue weighted by Gasteiger charge is -2.28.